The van der Waals surface area contributed by atoms with E-state index in [1.54, 1.807) is 30.3 Å². The first-order chi connectivity index (χ1) is 12.1. The van der Waals surface area contributed by atoms with E-state index in [2.05, 4.69) is 73.0 Å². The van der Waals surface area contributed by atoms with Crippen LogP contribution in [0.4, 0.5) is 0 Å². The summed E-state index contributed by atoms with van der Waals surface area (Å²) in [6, 6.07) is 8.37. The topological polar surface area (TPSA) is 130 Å². The molecule has 27 heavy (non-hydrogen) atoms. The Morgan fingerprint density at radius 2 is 1.30 bits per heavy atom. The van der Waals surface area contributed by atoms with Gasteiger partial charge in [-0.15, -0.1) is 0 Å². The standard InChI is InChI=1S/C7H8O3S.C2H6O3S.C2H4O3S.3HI.V/c1-11(8,9)10-7-5-3-2-4-6-7;1-5-6(2,3)4;1-5-2-6(3)4;;;;/h2-6H,1H3;1-2H3;2H,1H3;3*1H;/q;;;;;;+3/p-3. The van der Waals surface area contributed by atoms with Gasteiger partial charge in [-0.25, -0.2) is 0 Å². The third kappa shape index (κ3) is 42.4. The summed E-state index contributed by atoms with van der Waals surface area (Å²) in [7, 11) is -6.31. The molecule has 0 heterocycles. The number of ether oxygens (including phenoxy) is 1. The first kappa shape index (κ1) is 33.0. The van der Waals surface area contributed by atoms with Crippen molar-refractivity contribution in [1.82, 2.24) is 0 Å². The number of hydrogen-bond donors (Lipinski definition) is 0. The van der Waals surface area contributed by atoms with E-state index in [-0.39, 0.29) is 4.92 Å². The molecule has 0 aliphatic carbocycles. The van der Waals surface area contributed by atoms with Crippen LogP contribution in [0.5, 0.6) is 5.75 Å². The molecule has 0 amide bonds. The van der Waals surface area contributed by atoms with Gasteiger partial charge in [0.15, 0.2) is 5.55 Å². The summed E-state index contributed by atoms with van der Waals surface area (Å²) in [5.41, 5.74) is 0.708. The molecule has 0 saturated heterocycles. The van der Waals surface area contributed by atoms with Gasteiger partial charge in [0.1, 0.15) is 5.75 Å². The zero-order chi connectivity index (χ0) is 22.1. The van der Waals surface area contributed by atoms with Crippen molar-refractivity contribution in [3.63, 3.8) is 0 Å². The number of rotatable bonds is 4. The van der Waals surface area contributed by atoms with E-state index in [0.717, 1.165) is 19.6 Å². The molecule has 160 valence electrons. The van der Waals surface area contributed by atoms with E-state index in [9.17, 15) is 25.3 Å². The molecule has 9 nitrogen and oxygen atoms in total. The van der Waals surface area contributed by atoms with Gasteiger partial charge in [-0.05, 0) is 12.1 Å². The van der Waals surface area contributed by atoms with E-state index in [1.807, 2.05) is 0 Å². The molecule has 16 heteroatoms. The first-order valence-corrected chi connectivity index (χ1v) is 24.3. The van der Waals surface area contributed by atoms with E-state index >= 15 is 0 Å². The molecular formula is C11H18I3O9S3V. The van der Waals surface area contributed by atoms with E-state index in [4.69, 9.17) is 0 Å². The van der Waals surface area contributed by atoms with Crippen LogP contribution in [-0.2, 0) is 44.4 Å². The normalized spacial score (nSPS) is 10.1. The molecule has 1 rings (SSSR count). The van der Waals surface area contributed by atoms with Gasteiger partial charge in [-0.2, -0.15) is 25.3 Å². The van der Waals surface area contributed by atoms with Gasteiger partial charge in [0, 0.05) is 7.11 Å². The van der Waals surface area contributed by atoms with Crippen LogP contribution in [0.2, 0.25) is 0 Å². The van der Waals surface area contributed by atoms with Crippen molar-refractivity contribution < 1.29 is 43.3 Å². The van der Waals surface area contributed by atoms with Crippen molar-refractivity contribution in [3.05, 3.63) is 30.3 Å². The molecule has 0 spiro atoms. The molecule has 0 radical (unpaired) electrons. The number of para-hydroxylation sites is 1. The second-order valence-corrected chi connectivity index (χ2v) is 43.2. The Morgan fingerprint density at radius 3 is 1.48 bits per heavy atom. The zero-order valence-electron chi connectivity index (χ0n) is 14.4. The molecule has 0 aliphatic rings. The van der Waals surface area contributed by atoms with Gasteiger partial charge in [-0.1, -0.05) is 18.2 Å². The van der Waals surface area contributed by atoms with Crippen molar-refractivity contribution in [3.8, 4) is 5.75 Å². The van der Waals surface area contributed by atoms with E-state index in [1.165, 1.54) is 7.11 Å². The average molecular weight is 822 g/mol. The van der Waals surface area contributed by atoms with Crippen LogP contribution in [-0.4, -0.2) is 57.5 Å². The molecule has 1 aromatic rings. The van der Waals surface area contributed by atoms with Crippen LogP contribution in [0.25, 0.3) is 0 Å². The quantitative estimate of drug-likeness (QED) is 0.256. The maximum atomic E-state index is 10.6. The van der Waals surface area contributed by atoms with E-state index < -0.39 is 30.5 Å². The summed E-state index contributed by atoms with van der Waals surface area (Å²) in [6.07, 6.45) is 2.01. The van der Waals surface area contributed by atoms with Crippen LogP contribution < -0.4 is 4.18 Å². The Balaban J connectivity index is -0.000000311. The summed E-state index contributed by atoms with van der Waals surface area (Å²) in [6.45, 7) is 0. The van der Waals surface area contributed by atoms with Gasteiger partial charge < -0.3 is 8.92 Å². The second-order valence-electron chi connectivity index (χ2n) is 3.76. The Morgan fingerprint density at radius 1 is 0.926 bits per heavy atom. The molecule has 0 N–H and O–H groups in total. The minimum absolute atomic E-state index is 0.278. The molecule has 0 aromatic heterocycles. The molecule has 0 aliphatic heterocycles. The predicted octanol–water partition coefficient (Wildman–Crippen LogP) is 2.54. The molecule has 1 aromatic carbocycles. The SMILES string of the molecule is COC=S(=O)=O.COS(C)(=O)=O.CS(=O)(=O)Oc1ccccc1.[I][V]([I])[I]. The van der Waals surface area contributed by atoms with Gasteiger partial charge in [0.25, 0.3) is 10.1 Å². The van der Waals surface area contributed by atoms with Crippen molar-refractivity contribution in [2.75, 3.05) is 26.7 Å². The zero-order valence-corrected chi connectivity index (χ0v) is 24.8. The van der Waals surface area contributed by atoms with Crippen LogP contribution in [0.3, 0.4) is 0 Å². The number of hydrogen-bond acceptors (Lipinski definition) is 9. The maximum absolute atomic E-state index is 10.6. The fourth-order valence-corrected chi connectivity index (χ4v) is 1.35. The third-order valence-corrected chi connectivity index (χ3v) is 2.92. The van der Waals surface area contributed by atoms with Gasteiger partial charge in [0.2, 0.25) is 10.3 Å². The van der Waals surface area contributed by atoms with Gasteiger partial charge in [-0.3, -0.25) is 4.18 Å². The van der Waals surface area contributed by atoms with Crippen molar-refractivity contribution in [2.24, 2.45) is 0 Å². The van der Waals surface area contributed by atoms with Crippen LogP contribution >= 0.6 is 59.9 Å². The number of benzene rings is 1. The molecule has 0 bridgehead atoms. The van der Waals surface area contributed by atoms with Gasteiger partial charge >= 0.3 is 75.0 Å². The Hall–Kier alpha value is 1.30. The number of methoxy groups -OCH3 is 1. The summed E-state index contributed by atoms with van der Waals surface area (Å²) in [5, 5.41) is 0. The molecule has 0 atom stereocenters. The van der Waals surface area contributed by atoms with Crippen molar-refractivity contribution in [2.45, 2.75) is 0 Å². The molecule has 0 fully saturated rings. The minimum atomic E-state index is -3.38. The van der Waals surface area contributed by atoms with Crippen LogP contribution in [0, 0.1) is 0 Å². The summed E-state index contributed by atoms with van der Waals surface area (Å²) >= 11 is 7.39. The predicted molar refractivity (Wildman–Crippen MR) is 128 cm³/mol. The molecule has 0 saturated carbocycles. The summed E-state index contributed by atoms with van der Waals surface area (Å²) < 4.78 is 72.1. The average Bonchev–Trinajstić information content (AvgIpc) is 2.46. The van der Waals surface area contributed by atoms with Crippen LogP contribution in [0.15, 0.2) is 30.3 Å². The Kier molecular flexibility index (Phi) is 23.5. The fourth-order valence-electron chi connectivity index (χ4n) is 0.729. The molecular weight excluding hydrogens is 804 g/mol. The van der Waals surface area contributed by atoms with Crippen molar-refractivity contribution >= 4 is 96.0 Å². The van der Waals surface area contributed by atoms with Gasteiger partial charge in [0.05, 0.1) is 19.6 Å². The third-order valence-electron chi connectivity index (χ3n) is 1.47. The fraction of sp³-hybridized carbons (Fsp3) is 0.364. The van der Waals surface area contributed by atoms with E-state index in [0.29, 0.717) is 11.3 Å². The summed E-state index contributed by atoms with van der Waals surface area (Å²) in [4.78, 5) is -0.278. The summed E-state index contributed by atoms with van der Waals surface area (Å²) in [5.74, 6) is 0.343. The Bertz CT molecular complexity index is 816. The Labute approximate surface area is 199 Å². The second kappa shape index (κ2) is 19.3. The molecule has 0 unspecified atom stereocenters. The monoisotopic (exact) mass is 822 g/mol. The first-order valence-electron chi connectivity index (χ1n) is 6.06. The number of halogens is 3. The van der Waals surface area contributed by atoms with Crippen LogP contribution in [0.1, 0.15) is 0 Å². The van der Waals surface area contributed by atoms with Crippen molar-refractivity contribution in [1.29, 1.82) is 0 Å².